The lowest BCUT2D eigenvalue weighted by Crippen LogP contribution is -2.56. The quantitative estimate of drug-likeness (QED) is 0.772. The van der Waals surface area contributed by atoms with Crippen LogP contribution in [0.1, 0.15) is 5.82 Å². The number of nitrogens with zero attached hydrogens (tertiary/aromatic N) is 5. The number of anilines is 1. The molecule has 0 atom stereocenters. The summed E-state index contributed by atoms with van der Waals surface area (Å²) in [7, 11) is 3.76. The Labute approximate surface area is 145 Å². The van der Waals surface area contributed by atoms with Crippen molar-refractivity contribution < 1.29 is 0 Å². The average molecular weight is 336 g/mol. The van der Waals surface area contributed by atoms with E-state index in [2.05, 4.69) is 20.2 Å². The highest BCUT2D eigenvalue weighted by Gasteiger charge is 2.23. The van der Waals surface area contributed by atoms with Crippen LogP contribution in [0.3, 0.4) is 0 Å². The summed E-state index contributed by atoms with van der Waals surface area (Å²) in [6, 6.07) is 6.04. The molecule has 25 heavy (non-hydrogen) atoms. The topological polar surface area (TPSA) is 75.9 Å². The molecule has 1 aromatic carbocycles. The first kappa shape index (κ1) is 15.7. The first-order chi connectivity index (χ1) is 12.1. The van der Waals surface area contributed by atoms with Crippen molar-refractivity contribution in [3.63, 3.8) is 0 Å². The van der Waals surface area contributed by atoms with Crippen LogP contribution in [0.15, 0.2) is 35.4 Å². The van der Waals surface area contributed by atoms with Gasteiger partial charge in [-0.2, -0.15) is 0 Å². The van der Waals surface area contributed by atoms with Gasteiger partial charge in [0.25, 0.3) is 5.56 Å². The Morgan fingerprint density at radius 2 is 2.04 bits per heavy atom. The van der Waals surface area contributed by atoms with Crippen molar-refractivity contribution >= 4 is 16.7 Å². The van der Waals surface area contributed by atoms with Gasteiger partial charge in [0.05, 0.1) is 35.0 Å². The first-order valence-corrected chi connectivity index (χ1v) is 8.28. The Bertz CT molecular complexity index is 1010. The van der Waals surface area contributed by atoms with Gasteiger partial charge in [-0.25, -0.2) is 9.97 Å². The van der Waals surface area contributed by atoms with Gasteiger partial charge in [-0.15, -0.1) is 0 Å². The van der Waals surface area contributed by atoms with E-state index in [0.717, 1.165) is 30.2 Å². The molecule has 1 fully saturated rings. The van der Waals surface area contributed by atoms with Crippen LogP contribution in [-0.4, -0.2) is 45.7 Å². The van der Waals surface area contributed by atoms with Gasteiger partial charge in [-0.05, 0) is 13.0 Å². The van der Waals surface area contributed by atoms with E-state index in [0.29, 0.717) is 22.8 Å². The summed E-state index contributed by atoms with van der Waals surface area (Å²) in [5.74, 6) is 1.49. The van der Waals surface area contributed by atoms with Crippen molar-refractivity contribution in [1.82, 2.24) is 24.8 Å². The van der Waals surface area contributed by atoms with Crippen LogP contribution in [0.4, 0.5) is 5.82 Å². The van der Waals surface area contributed by atoms with Crippen LogP contribution in [0.25, 0.3) is 22.2 Å². The molecule has 4 rings (SSSR count). The second-order valence-corrected chi connectivity index (χ2v) is 6.41. The highest BCUT2D eigenvalue weighted by Crippen LogP contribution is 2.26. The molecular formula is C18H20N6O. The van der Waals surface area contributed by atoms with Gasteiger partial charge in [-0.3, -0.25) is 14.3 Å². The van der Waals surface area contributed by atoms with E-state index in [-0.39, 0.29) is 5.56 Å². The van der Waals surface area contributed by atoms with E-state index in [1.165, 1.54) is 0 Å². The van der Waals surface area contributed by atoms with E-state index in [1.807, 2.05) is 26.1 Å². The molecule has 2 aromatic heterocycles. The zero-order chi connectivity index (χ0) is 17.6. The third-order valence-electron chi connectivity index (χ3n) is 4.90. The number of aromatic nitrogens is 4. The fourth-order valence-electron chi connectivity index (χ4n) is 3.00. The van der Waals surface area contributed by atoms with E-state index in [1.54, 1.807) is 30.1 Å². The Morgan fingerprint density at radius 3 is 2.76 bits per heavy atom. The molecule has 1 saturated heterocycles. The van der Waals surface area contributed by atoms with Gasteiger partial charge in [-0.1, -0.05) is 12.1 Å². The van der Waals surface area contributed by atoms with Crippen LogP contribution in [0.2, 0.25) is 0 Å². The second-order valence-electron chi connectivity index (χ2n) is 6.41. The molecule has 0 amide bonds. The van der Waals surface area contributed by atoms with Gasteiger partial charge >= 0.3 is 0 Å². The van der Waals surface area contributed by atoms with E-state index in [9.17, 15) is 4.79 Å². The molecule has 0 unspecified atom stereocenters. The Hall–Kier alpha value is -2.80. The summed E-state index contributed by atoms with van der Waals surface area (Å²) >= 11 is 0. The maximum Gasteiger partial charge on any atom is 0.261 e. The molecule has 0 aliphatic carbocycles. The van der Waals surface area contributed by atoms with Gasteiger partial charge in [0.15, 0.2) is 0 Å². The Kier molecular flexibility index (Phi) is 3.73. The summed E-state index contributed by atoms with van der Waals surface area (Å²) in [4.78, 5) is 28.4. The van der Waals surface area contributed by atoms with Crippen molar-refractivity contribution in [2.24, 2.45) is 7.05 Å². The maximum atomic E-state index is 12.5. The summed E-state index contributed by atoms with van der Waals surface area (Å²) in [5.41, 5.74) is 2.17. The second kappa shape index (κ2) is 5.93. The standard InChI is InChI=1S/C18H20N6O/c1-11-21-17-13(5-4-6-14(17)18(25)23(11)2)15-9-20-10-16(22-15)24(3)12-7-19-8-12/h4-6,9-10,12,19H,7-8H2,1-3H3. The molecule has 0 spiro atoms. The molecule has 1 aliphatic heterocycles. The number of hydrogen-bond acceptors (Lipinski definition) is 6. The summed E-state index contributed by atoms with van der Waals surface area (Å²) < 4.78 is 1.56. The molecule has 1 N–H and O–H groups in total. The number of hydrogen-bond donors (Lipinski definition) is 1. The van der Waals surface area contributed by atoms with Gasteiger partial charge in [0, 0.05) is 32.7 Å². The normalized spacial score (nSPS) is 14.5. The molecule has 7 heteroatoms. The van der Waals surface area contributed by atoms with Crippen molar-refractivity contribution in [3.8, 4) is 11.3 Å². The number of rotatable bonds is 3. The lowest BCUT2D eigenvalue weighted by Gasteiger charge is -2.36. The summed E-state index contributed by atoms with van der Waals surface area (Å²) in [6.07, 6.45) is 3.49. The minimum atomic E-state index is -0.0499. The van der Waals surface area contributed by atoms with Crippen molar-refractivity contribution in [2.45, 2.75) is 13.0 Å². The van der Waals surface area contributed by atoms with Crippen LogP contribution in [0.5, 0.6) is 0 Å². The molecule has 0 radical (unpaired) electrons. The predicted octanol–water partition coefficient (Wildman–Crippen LogP) is 1.11. The zero-order valence-corrected chi connectivity index (χ0v) is 14.5. The molecular weight excluding hydrogens is 316 g/mol. The lowest BCUT2D eigenvalue weighted by molar-refractivity contribution is 0.426. The smallest absolute Gasteiger partial charge is 0.261 e. The minimum absolute atomic E-state index is 0.0499. The van der Waals surface area contributed by atoms with E-state index in [4.69, 9.17) is 4.98 Å². The van der Waals surface area contributed by atoms with Gasteiger partial charge < -0.3 is 10.2 Å². The van der Waals surface area contributed by atoms with E-state index < -0.39 is 0 Å². The SMILES string of the molecule is Cc1nc2c(-c3cncc(N(C)C4CNC4)n3)cccc2c(=O)n1C. The van der Waals surface area contributed by atoms with Crippen LogP contribution < -0.4 is 15.8 Å². The number of aryl methyl sites for hydroxylation is 1. The molecule has 1 aliphatic rings. The molecule has 7 nitrogen and oxygen atoms in total. The third-order valence-corrected chi connectivity index (χ3v) is 4.90. The lowest BCUT2D eigenvalue weighted by atomic mass is 10.1. The number of nitrogens with one attached hydrogen (secondary N) is 1. The van der Waals surface area contributed by atoms with Crippen LogP contribution in [0, 0.1) is 6.92 Å². The first-order valence-electron chi connectivity index (χ1n) is 8.28. The third kappa shape index (κ3) is 2.56. The summed E-state index contributed by atoms with van der Waals surface area (Å²) in [5, 5.41) is 3.86. The molecule has 0 saturated carbocycles. The highest BCUT2D eigenvalue weighted by molar-refractivity contribution is 5.92. The van der Waals surface area contributed by atoms with Crippen LogP contribution in [-0.2, 0) is 7.05 Å². The molecule has 3 aromatic rings. The van der Waals surface area contributed by atoms with Crippen LogP contribution >= 0.6 is 0 Å². The fourth-order valence-corrected chi connectivity index (χ4v) is 3.00. The number of likely N-dealkylation sites (N-methyl/N-ethyl adjacent to an activating group) is 1. The van der Waals surface area contributed by atoms with Crippen molar-refractivity contribution in [2.75, 3.05) is 25.0 Å². The molecule has 3 heterocycles. The summed E-state index contributed by atoms with van der Waals surface area (Å²) in [6.45, 7) is 3.73. The largest absolute Gasteiger partial charge is 0.353 e. The average Bonchev–Trinajstić information content (AvgIpc) is 2.58. The zero-order valence-electron chi connectivity index (χ0n) is 14.5. The Balaban J connectivity index is 1.86. The Morgan fingerprint density at radius 1 is 1.24 bits per heavy atom. The predicted molar refractivity (Wildman–Crippen MR) is 97.8 cm³/mol. The fraction of sp³-hybridized carbons (Fsp3) is 0.333. The monoisotopic (exact) mass is 336 g/mol. The number of fused-ring (bicyclic) bond motifs is 1. The molecule has 128 valence electrons. The molecule has 0 bridgehead atoms. The highest BCUT2D eigenvalue weighted by atomic mass is 16.1. The minimum Gasteiger partial charge on any atom is -0.353 e. The van der Waals surface area contributed by atoms with Crippen molar-refractivity contribution in [1.29, 1.82) is 0 Å². The van der Waals surface area contributed by atoms with Gasteiger partial charge in [0.2, 0.25) is 0 Å². The number of benzene rings is 1. The van der Waals surface area contributed by atoms with Gasteiger partial charge in [0.1, 0.15) is 11.6 Å². The number of para-hydroxylation sites is 1. The van der Waals surface area contributed by atoms with E-state index >= 15 is 0 Å². The van der Waals surface area contributed by atoms with Crippen molar-refractivity contribution in [3.05, 3.63) is 46.8 Å². The maximum absolute atomic E-state index is 12.5.